The van der Waals surface area contributed by atoms with Crippen LogP contribution in [0, 0.1) is 6.92 Å². The maximum absolute atomic E-state index is 12.5. The van der Waals surface area contributed by atoms with Gasteiger partial charge in [-0.2, -0.15) is 0 Å². The van der Waals surface area contributed by atoms with Gasteiger partial charge in [0.05, 0.1) is 10.8 Å². The Labute approximate surface area is 146 Å². The van der Waals surface area contributed by atoms with E-state index < -0.39 is 0 Å². The van der Waals surface area contributed by atoms with Gasteiger partial charge in [-0.3, -0.25) is 9.69 Å². The molecule has 1 aliphatic rings. The van der Waals surface area contributed by atoms with Crippen LogP contribution in [0.4, 0.5) is 0 Å². The van der Waals surface area contributed by atoms with Gasteiger partial charge in [0.1, 0.15) is 0 Å². The summed E-state index contributed by atoms with van der Waals surface area (Å²) in [6.45, 7) is 6.46. The number of halogens is 1. The first-order valence-corrected chi connectivity index (χ1v) is 9.10. The largest absolute Gasteiger partial charge is 0.340 e. The molecule has 2 heterocycles. The van der Waals surface area contributed by atoms with E-state index in [-0.39, 0.29) is 5.91 Å². The average Bonchev–Trinajstić information content (AvgIpc) is 2.95. The minimum absolute atomic E-state index is 0.234. The Hall–Kier alpha value is -1.36. The second-order valence-corrected chi connectivity index (χ2v) is 7.77. The molecule has 0 bridgehead atoms. The van der Waals surface area contributed by atoms with Crippen LogP contribution in [0.1, 0.15) is 16.0 Å². The Kier molecular flexibility index (Phi) is 5.36. The molecule has 1 amide bonds. The summed E-state index contributed by atoms with van der Waals surface area (Å²) in [5, 5.41) is 0. The van der Waals surface area contributed by atoms with Crippen LogP contribution in [0.25, 0.3) is 0 Å². The van der Waals surface area contributed by atoms with Gasteiger partial charge in [0.25, 0.3) is 0 Å². The summed E-state index contributed by atoms with van der Waals surface area (Å²) in [6, 6.07) is 12.2. The molecular weight excluding hydrogens is 328 g/mol. The number of piperazine rings is 1. The van der Waals surface area contributed by atoms with Crippen LogP contribution in [-0.2, 0) is 17.8 Å². The highest BCUT2D eigenvalue weighted by Crippen LogP contribution is 2.23. The lowest BCUT2D eigenvalue weighted by Gasteiger charge is -2.34. The SMILES string of the molecule is Cc1ccccc1CC(=O)N1CCN(Cc2ccc(Cl)s2)CC1. The third-order valence-corrected chi connectivity index (χ3v) is 5.55. The number of hydrogen-bond donors (Lipinski definition) is 0. The quantitative estimate of drug-likeness (QED) is 0.842. The van der Waals surface area contributed by atoms with Crippen molar-refractivity contribution in [2.45, 2.75) is 19.9 Å². The summed E-state index contributed by atoms with van der Waals surface area (Å²) in [6.07, 6.45) is 0.507. The number of carbonyl (C=O) groups excluding carboxylic acids is 1. The van der Waals surface area contributed by atoms with Gasteiger partial charge in [-0.25, -0.2) is 0 Å². The van der Waals surface area contributed by atoms with Crippen molar-refractivity contribution in [2.75, 3.05) is 26.2 Å². The van der Waals surface area contributed by atoms with Crippen LogP contribution in [0.5, 0.6) is 0 Å². The molecule has 1 saturated heterocycles. The van der Waals surface area contributed by atoms with Gasteiger partial charge in [-0.15, -0.1) is 11.3 Å². The Morgan fingerprint density at radius 3 is 2.52 bits per heavy atom. The summed E-state index contributed by atoms with van der Waals surface area (Å²) in [7, 11) is 0. The Morgan fingerprint density at radius 2 is 1.87 bits per heavy atom. The summed E-state index contributed by atoms with van der Waals surface area (Å²) < 4.78 is 0.840. The summed E-state index contributed by atoms with van der Waals surface area (Å²) in [5.74, 6) is 0.234. The Morgan fingerprint density at radius 1 is 1.13 bits per heavy atom. The third-order valence-electron chi connectivity index (χ3n) is 4.34. The molecule has 1 aliphatic heterocycles. The molecule has 0 saturated carbocycles. The number of carbonyl (C=O) groups is 1. The average molecular weight is 349 g/mol. The van der Waals surface area contributed by atoms with E-state index in [0.717, 1.165) is 42.6 Å². The number of thiophene rings is 1. The number of benzene rings is 1. The van der Waals surface area contributed by atoms with Gasteiger partial charge in [0.15, 0.2) is 0 Å². The smallest absolute Gasteiger partial charge is 0.227 e. The molecule has 0 unspecified atom stereocenters. The van der Waals surface area contributed by atoms with Crippen molar-refractivity contribution in [2.24, 2.45) is 0 Å². The molecule has 1 fully saturated rings. The number of aryl methyl sites for hydroxylation is 1. The van der Waals surface area contributed by atoms with E-state index in [1.54, 1.807) is 11.3 Å². The molecular formula is C18H21ClN2OS. The zero-order valence-electron chi connectivity index (χ0n) is 13.3. The molecule has 0 aliphatic carbocycles. The molecule has 3 rings (SSSR count). The number of hydrogen-bond acceptors (Lipinski definition) is 3. The lowest BCUT2D eigenvalue weighted by atomic mass is 10.1. The molecule has 122 valence electrons. The molecule has 0 radical (unpaired) electrons. The van der Waals surface area contributed by atoms with E-state index >= 15 is 0 Å². The molecule has 0 N–H and O–H groups in total. The standard InChI is InChI=1S/C18H21ClN2OS/c1-14-4-2-3-5-15(14)12-18(22)21-10-8-20(9-11-21)13-16-6-7-17(19)23-16/h2-7H,8-13H2,1H3. The van der Waals surface area contributed by atoms with E-state index in [1.807, 2.05) is 29.2 Å². The maximum atomic E-state index is 12.5. The minimum Gasteiger partial charge on any atom is -0.340 e. The lowest BCUT2D eigenvalue weighted by molar-refractivity contribution is -0.132. The van der Waals surface area contributed by atoms with Gasteiger partial charge in [-0.05, 0) is 30.2 Å². The van der Waals surface area contributed by atoms with Crippen LogP contribution >= 0.6 is 22.9 Å². The number of nitrogens with zero attached hydrogens (tertiary/aromatic N) is 2. The molecule has 1 aromatic carbocycles. The topological polar surface area (TPSA) is 23.6 Å². The second kappa shape index (κ2) is 7.47. The molecule has 0 atom stereocenters. The summed E-state index contributed by atoms with van der Waals surface area (Å²) in [5.41, 5.74) is 2.32. The van der Waals surface area contributed by atoms with Crippen molar-refractivity contribution in [1.82, 2.24) is 9.80 Å². The fourth-order valence-electron chi connectivity index (χ4n) is 2.90. The highest BCUT2D eigenvalue weighted by Gasteiger charge is 2.21. The first-order chi connectivity index (χ1) is 11.1. The molecule has 1 aromatic heterocycles. The van der Waals surface area contributed by atoms with Crippen molar-refractivity contribution in [3.63, 3.8) is 0 Å². The molecule has 0 spiro atoms. The zero-order chi connectivity index (χ0) is 16.2. The fraction of sp³-hybridized carbons (Fsp3) is 0.389. The van der Waals surface area contributed by atoms with Crippen molar-refractivity contribution < 1.29 is 4.79 Å². The Bertz CT molecular complexity index is 677. The normalized spacial score (nSPS) is 15.8. The van der Waals surface area contributed by atoms with E-state index in [2.05, 4.69) is 24.0 Å². The van der Waals surface area contributed by atoms with E-state index in [1.165, 1.54) is 10.4 Å². The Balaban J connectivity index is 1.50. The maximum Gasteiger partial charge on any atom is 0.227 e. The van der Waals surface area contributed by atoms with Crippen molar-refractivity contribution in [1.29, 1.82) is 0 Å². The molecule has 3 nitrogen and oxygen atoms in total. The molecule has 2 aromatic rings. The van der Waals surface area contributed by atoms with Crippen LogP contribution < -0.4 is 0 Å². The van der Waals surface area contributed by atoms with Gasteiger partial charge >= 0.3 is 0 Å². The van der Waals surface area contributed by atoms with Gasteiger partial charge < -0.3 is 4.90 Å². The van der Waals surface area contributed by atoms with E-state index in [0.29, 0.717) is 6.42 Å². The predicted molar refractivity (Wildman–Crippen MR) is 96.1 cm³/mol. The van der Waals surface area contributed by atoms with Crippen molar-refractivity contribution >= 4 is 28.8 Å². The number of amides is 1. The van der Waals surface area contributed by atoms with Crippen LogP contribution in [0.3, 0.4) is 0 Å². The van der Waals surface area contributed by atoms with Gasteiger partial charge in [-0.1, -0.05) is 35.9 Å². The van der Waals surface area contributed by atoms with Crippen LogP contribution in [0.15, 0.2) is 36.4 Å². The predicted octanol–water partition coefficient (Wildman–Crippen LogP) is 3.60. The first kappa shape index (κ1) is 16.5. The lowest BCUT2D eigenvalue weighted by Crippen LogP contribution is -2.48. The van der Waals surface area contributed by atoms with Gasteiger partial charge in [0, 0.05) is 37.6 Å². The van der Waals surface area contributed by atoms with E-state index in [4.69, 9.17) is 11.6 Å². The molecule has 5 heteroatoms. The number of rotatable bonds is 4. The zero-order valence-corrected chi connectivity index (χ0v) is 14.9. The monoisotopic (exact) mass is 348 g/mol. The van der Waals surface area contributed by atoms with E-state index in [9.17, 15) is 4.79 Å². The highest BCUT2D eigenvalue weighted by molar-refractivity contribution is 7.16. The van der Waals surface area contributed by atoms with Crippen molar-refractivity contribution in [3.05, 3.63) is 56.7 Å². The third kappa shape index (κ3) is 4.34. The van der Waals surface area contributed by atoms with Gasteiger partial charge in [0.2, 0.25) is 5.91 Å². The van der Waals surface area contributed by atoms with Crippen LogP contribution in [0.2, 0.25) is 4.34 Å². The first-order valence-electron chi connectivity index (χ1n) is 7.90. The molecule has 23 heavy (non-hydrogen) atoms. The van der Waals surface area contributed by atoms with Crippen LogP contribution in [-0.4, -0.2) is 41.9 Å². The fourth-order valence-corrected chi connectivity index (χ4v) is 4.03. The highest BCUT2D eigenvalue weighted by atomic mass is 35.5. The minimum atomic E-state index is 0.234. The summed E-state index contributed by atoms with van der Waals surface area (Å²) >= 11 is 7.61. The second-order valence-electron chi connectivity index (χ2n) is 5.97. The van der Waals surface area contributed by atoms with Crippen molar-refractivity contribution in [3.8, 4) is 0 Å². The summed E-state index contributed by atoms with van der Waals surface area (Å²) in [4.78, 5) is 18.1.